The molecule has 0 heterocycles. The van der Waals surface area contributed by atoms with Crippen LogP contribution in [0.15, 0.2) is 0 Å². The molecule has 0 rings (SSSR count). The first-order chi connectivity index (χ1) is 11.4. The van der Waals surface area contributed by atoms with Crippen LogP contribution in [-0.4, -0.2) is 37.1 Å². The van der Waals surface area contributed by atoms with E-state index in [1.165, 1.54) is 0 Å². The van der Waals surface area contributed by atoms with Crippen LogP contribution in [0, 0.1) is 0 Å². The monoisotopic (exact) mass is 450 g/mol. The van der Waals surface area contributed by atoms with Crippen molar-refractivity contribution in [3.05, 3.63) is 0 Å². The summed E-state index contributed by atoms with van der Waals surface area (Å²) >= 11 is 0. The predicted octanol–water partition coefficient (Wildman–Crippen LogP) is 2.01. The molecule has 4 nitrogen and oxygen atoms in total. The Kier molecular flexibility index (Phi) is 11.8. The molecule has 0 fully saturated rings. The zero-order chi connectivity index (χ0) is 20.9. The molecule has 0 aliphatic carbocycles. The molecule has 27 heavy (non-hydrogen) atoms. The molecule has 0 spiro atoms. The topological polar surface area (TPSA) is 66.4 Å². The Morgan fingerprint density at radius 1 is 0.704 bits per heavy atom. The standard InChI is InChI=1S/C12H17F9O4S.Na/c13-9(14,11(18,19)12(20,21)25-26(22,23)24)7-5-3-1-2-4-6-8-10(15,16)17;/h1-8H2,(H,22,23,24);/q;+1/p-1. The molecule has 15 heteroatoms. The molecule has 0 atom stereocenters. The van der Waals surface area contributed by atoms with Crippen LogP contribution in [-0.2, 0) is 14.6 Å². The molecule has 0 bridgehead atoms. The Labute approximate surface area is 172 Å². The van der Waals surface area contributed by atoms with Gasteiger partial charge in [-0.2, -0.15) is 39.5 Å². The Morgan fingerprint density at radius 2 is 1.07 bits per heavy atom. The fourth-order valence-corrected chi connectivity index (χ4v) is 2.29. The van der Waals surface area contributed by atoms with Gasteiger partial charge in [0.25, 0.3) is 0 Å². The molecule has 0 radical (unpaired) electrons. The second-order valence-corrected chi connectivity index (χ2v) is 6.51. The molecule has 0 saturated carbocycles. The number of alkyl halides is 9. The van der Waals surface area contributed by atoms with E-state index in [1.54, 1.807) is 0 Å². The normalized spacial score (nSPS) is 14.1. The summed E-state index contributed by atoms with van der Waals surface area (Å²) in [6.07, 6.45) is -13.9. The van der Waals surface area contributed by atoms with Gasteiger partial charge in [-0.05, 0) is 12.8 Å². The van der Waals surface area contributed by atoms with E-state index < -0.39 is 53.8 Å². The maximum atomic E-state index is 13.3. The van der Waals surface area contributed by atoms with Gasteiger partial charge >= 0.3 is 53.7 Å². The van der Waals surface area contributed by atoms with Crippen molar-refractivity contribution in [2.24, 2.45) is 0 Å². The zero-order valence-corrected chi connectivity index (χ0v) is 16.9. The molecule has 0 unspecified atom stereocenters. The van der Waals surface area contributed by atoms with Crippen molar-refractivity contribution in [1.29, 1.82) is 0 Å². The van der Waals surface area contributed by atoms with Crippen LogP contribution in [0.4, 0.5) is 39.5 Å². The molecule has 0 aliphatic heterocycles. The fraction of sp³-hybridized carbons (Fsp3) is 1.00. The van der Waals surface area contributed by atoms with Gasteiger partial charge in [-0.15, -0.1) is 0 Å². The third kappa shape index (κ3) is 11.1. The Balaban J connectivity index is 0. The SMILES string of the molecule is O=S(=O)([O-])OC(F)(F)C(F)(F)C(F)(F)CCCCCCCCC(F)(F)F.[Na+]. The first-order valence-corrected chi connectivity index (χ1v) is 8.61. The number of rotatable bonds is 12. The second kappa shape index (κ2) is 10.9. The number of hydrogen-bond acceptors (Lipinski definition) is 4. The van der Waals surface area contributed by atoms with Gasteiger partial charge in [0.15, 0.2) is 0 Å². The minimum absolute atomic E-state index is 0. The predicted molar refractivity (Wildman–Crippen MR) is 68.6 cm³/mol. The molecule has 0 amide bonds. The smallest absolute Gasteiger partial charge is 0.725 e. The quantitative estimate of drug-likeness (QED) is 0.150. The summed E-state index contributed by atoms with van der Waals surface area (Å²) in [6.45, 7) is 0. The van der Waals surface area contributed by atoms with E-state index >= 15 is 0 Å². The average molecular weight is 450 g/mol. The summed E-state index contributed by atoms with van der Waals surface area (Å²) in [5, 5.41) is 0. The first kappa shape index (κ1) is 29.4. The molecule has 0 aromatic heterocycles. The fourth-order valence-electron chi connectivity index (χ4n) is 1.93. The van der Waals surface area contributed by atoms with E-state index in [-0.39, 0.29) is 61.7 Å². The van der Waals surface area contributed by atoms with Gasteiger partial charge in [-0.3, -0.25) is 0 Å². The molecular weight excluding hydrogens is 434 g/mol. The maximum Gasteiger partial charge on any atom is 1.00 e. The number of hydrogen-bond donors (Lipinski definition) is 0. The summed E-state index contributed by atoms with van der Waals surface area (Å²) < 4.78 is 146. The average Bonchev–Trinajstić information content (AvgIpc) is 2.37. The summed E-state index contributed by atoms with van der Waals surface area (Å²) in [4.78, 5) is 0. The molecule has 0 aromatic carbocycles. The van der Waals surface area contributed by atoms with Crippen LogP contribution in [0.5, 0.6) is 0 Å². The second-order valence-electron chi connectivity index (χ2n) is 5.52. The minimum atomic E-state index is -6.37. The Hall–Kier alpha value is 0.240. The summed E-state index contributed by atoms with van der Waals surface area (Å²) in [5.74, 6) is -11.6. The van der Waals surface area contributed by atoms with Crippen LogP contribution >= 0.6 is 0 Å². The minimum Gasteiger partial charge on any atom is -0.725 e. The molecule has 158 valence electrons. The van der Waals surface area contributed by atoms with E-state index in [0.717, 1.165) is 0 Å². The van der Waals surface area contributed by atoms with Crippen LogP contribution < -0.4 is 29.6 Å². The van der Waals surface area contributed by atoms with Crippen molar-refractivity contribution in [1.82, 2.24) is 0 Å². The van der Waals surface area contributed by atoms with Crippen molar-refractivity contribution in [2.45, 2.75) is 75.5 Å². The van der Waals surface area contributed by atoms with Gasteiger partial charge in [-0.1, -0.05) is 25.7 Å². The van der Waals surface area contributed by atoms with Gasteiger partial charge in [0, 0.05) is 12.8 Å². The van der Waals surface area contributed by atoms with Crippen molar-refractivity contribution in [3.8, 4) is 0 Å². The third-order valence-corrected chi connectivity index (χ3v) is 3.65. The van der Waals surface area contributed by atoms with Crippen molar-refractivity contribution in [2.75, 3.05) is 0 Å². The number of unbranched alkanes of at least 4 members (excludes halogenated alkanes) is 5. The van der Waals surface area contributed by atoms with E-state index in [1.807, 2.05) is 0 Å². The molecule has 0 saturated heterocycles. The van der Waals surface area contributed by atoms with E-state index in [4.69, 9.17) is 0 Å². The van der Waals surface area contributed by atoms with Gasteiger partial charge < -0.3 is 4.55 Å². The molecular formula is C12H16F9NaO4S. The van der Waals surface area contributed by atoms with E-state index in [0.29, 0.717) is 0 Å². The van der Waals surface area contributed by atoms with E-state index in [9.17, 15) is 52.5 Å². The summed E-state index contributed by atoms with van der Waals surface area (Å²) in [7, 11) is -6.37. The molecule has 0 N–H and O–H groups in total. The molecule has 0 aliphatic rings. The Bertz CT molecular complexity index is 537. The maximum absolute atomic E-state index is 13.3. The molecule has 0 aromatic rings. The van der Waals surface area contributed by atoms with Crippen molar-refractivity contribution >= 4 is 10.4 Å². The third-order valence-electron chi connectivity index (χ3n) is 3.23. The summed E-state index contributed by atoms with van der Waals surface area (Å²) in [5.41, 5.74) is 0. The van der Waals surface area contributed by atoms with Gasteiger partial charge in [0.1, 0.15) is 0 Å². The van der Waals surface area contributed by atoms with Crippen molar-refractivity contribution in [3.63, 3.8) is 0 Å². The Morgan fingerprint density at radius 3 is 1.44 bits per heavy atom. The van der Waals surface area contributed by atoms with Crippen LogP contribution in [0.2, 0.25) is 0 Å². The van der Waals surface area contributed by atoms with Crippen LogP contribution in [0.3, 0.4) is 0 Å². The van der Waals surface area contributed by atoms with Crippen LogP contribution in [0.25, 0.3) is 0 Å². The largest absolute Gasteiger partial charge is 1.00 e. The number of halogens is 9. The summed E-state index contributed by atoms with van der Waals surface area (Å²) in [6, 6.07) is 0. The van der Waals surface area contributed by atoms with Gasteiger partial charge in [-0.25, -0.2) is 12.6 Å². The zero-order valence-electron chi connectivity index (χ0n) is 14.1. The van der Waals surface area contributed by atoms with Gasteiger partial charge in [0.05, 0.1) is 0 Å². The first-order valence-electron chi connectivity index (χ1n) is 7.28. The van der Waals surface area contributed by atoms with E-state index in [2.05, 4.69) is 4.18 Å². The van der Waals surface area contributed by atoms with Crippen molar-refractivity contribution < 1.29 is 86.2 Å². The van der Waals surface area contributed by atoms with Gasteiger partial charge in [0.2, 0.25) is 10.4 Å². The van der Waals surface area contributed by atoms with Crippen LogP contribution in [0.1, 0.15) is 51.4 Å².